The maximum atomic E-state index is 13.1. The average Bonchev–Trinajstić information content (AvgIpc) is 2.73. The summed E-state index contributed by atoms with van der Waals surface area (Å²) in [5, 5.41) is 2.23. The first-order valence-corrected chi connectivity index (χ1v) is 11.5. The van der Waals surface area contributed by atoms with Gasteiger partial charge in [0.05, 0.1) is 15.9 Å². The maximum absolute atomic E-state index is 13.1. The highest BCUT2D eigenvalue weighted by Crippen LogP contribution is 2.35. The predicted molar refractivity (Wildman–Crippen MR) is 134 cm³/mol. The van der Waals surface area contributed by atoms with Gasteiger partial charge in [-0.15, -0.1) is 0 Å². The van der Waals surface area contributed by atoms with Crippen molar-refractivity contribution in [2.24, 2.45) is 0 Å². The van der Waals surface area contributed by atoms with Crippen LogP contribution >= 0.6 is 38.5 Å². The number of hydrogen-bond donors (Lipinski definition) is 1. The molecule has 1 N–H and O–H groups in total. The summed E-state index contributed by atoms with van der Waals surface area (Å²) in [7, 11) is 0. The van der Waals surface area contributed by atoms with Crippen molar-refractivity contribution < 1.29 is 23.9 Å². The number of imide groups is 2. The van der Waals surface area contributed by atoms with Gasteiger partial charge in [0.25, 0.3) is 11.8 Å². The van der Waals surface area contributed by atoms with Crippen LogP contribution in [0.4, 0.5) is 10.5 Å². The summed E-state index contributed by atoms with van der Waals surface area (Å²) >= 11 is 5.50. The summed E-state index contributed by atoms with van der Waals surface area (Å²) in [6.45, 7) is 8.05. The molecule has 32 heavy (non-hydrogen) atoms. The molecule has 7 nitrogen and oxygen atoms in total. The summed E-state index contributed by atoms with van der Waals surface area (Å²) in [4.78, 5) is 39.0. The van der Waals surface area contributed by atoms with Gasteiger partial charge in [-0.25, -0.2) is 9.69 Å². The van der Waals surface area contributed by atoms with E-state index in [-0.39, 0.29) is 5.57 Å². The number of hydrogen-bond acceptors (Lipinski definition) is 5. The van der Waals surface area contributed by atoms with E-state index in [2.05, 4.69) is 50.4 Å². The van der Waals surface area contributed by atoms with Gasteiger partial charge in [0, 0.05) is 4.47 Å². The third kappa shape index (κ3) is 5.04. The van der Waals surface area contributed by atoms with E-state index >= 15 is 0 Å². The number of rotatable bonds is 7. The Bertz CT molecular complexity index is 1150. The van der Waals surface area contributed by atoms with E-state index in [0.29, 0.717) is 36.0 Å². The van der Waals surface area contributed by atoms with Crippen molar-refractivity contribution in [3.8, 4) is 11.5 Å². The van der Waals surface area contributed by atoms with Crippen molar-refractivity contribution in [3.63, 3.8) is 0 Å². The minimum absolute atomic E-state index is 0.164. The molecule has 1 fully saturated rings. The van der Waals surface area contributed by atoms with Crippen molar-refractivity contribution in [2.45, 2.75) is 13.8 Å². The summed E-state index contributed by atoms with van der Waals surface area (Å²) in [5.41, 5.74) is 1.60. The van der Waals surface area contributed by atoms with Crippen LogP contribution in [0, 0.1) is 10.5 Å². The number of carbonyl (C=O) groups excluding carboxylic acids is 3. The highest BCUT2D eigenvalue weighted by Gasteiger charge is 2.37. The second-order valence-electron chi connectivity index (χ2n) is 6.75. The fourth-order valence-electron chi connectivity index (χ4n) is 3.04. The molecule has 0 aliphatic carbocycles. The lowest BCUT2D eigenvalue weighted by Gasteiger charge is -2.26. The van der Waals surface area contributed by atoms with Crippen molar-refractivity contribution in [3.05, 3.63) is 67.7 Å². The van der Waals surface area contributed by atoms with E-state index in [1.807, 2.05) is 13.8 Å². The lowest BCUT2D eigenvalue weighted by molar-refractivity contribution is -0.122. The molecule has 0 bridgehead atoms. The minimum atomic E-state index is -0.795. The standard InChI is InChI=1S/C23H20BrIN2O5/c1-4-8-32-20-18(25)11-14(12-19(20)31-5-2)10-16-21(28)26-23(30)27(22(16)29)15-6-7-17(24)13(3)9-15/h4,6-7,9-12H,1,5,8H2,2-3H3,(H,26,28,30)/b16-10+. The van der Waals surface area contributed by atoms with Crippen LogP contribution in [-0.2, 0) is 9.59 Å². The number of urea groups is 1. The van der Waals surface area contributed by atoms with Crippen molar-refractivity contribution in [1.29, 1.82) is 0 Å². The summed E-state index contributed by atoms with van der Waals surface area (Å²) in [6, 6.07) is 7.71. The molecule has 3 rings (SSSR count). The van der Waals surface area contributed by atoms with Gasteiger partial charge in [0.15, 0.2) is 11.5 Å². The topological polar surface area (TPSA) is 84.9 Å². The molecule has 4 amide bonds. The van der Waals surface area contributed by atoms with Gasteiger partial charge >= 0.3 is 6.03 Å². The van der Waals surface area contributed by atoms with Crippen LogP contribution in [0.3, 0.4) is 0 Å². The monoisotopic (exact) mass is 610 g/mol. The molecule has 0 atom stereocenters. The van der Waals surface area contributed by atoms with Crippen LogP contribution in [0.15, 0.2) is 53.0 Å². The van der Waals surface area contributed by atoms with E-state index in [9.17, 15) is 14.4 Å². The number of nitrogens with one attached hydrogen (secondary N) is 1. The van der Waals surface area contributed by atoms with Gasteiger partial charge in [-0.3, -0.25) is 14.9 Å². The number of ether oxygens (including phenoxy) is 2. The van der Waals surface area contributed by atoms with Crippen molar-refractivity contribution >= 4 is 68.1 Å². The molecule has 0 radical (unpaired) electrons. The second kappa shape index (κ2) is 10.3. The number of amides is 4. The molecule has 1 heterocycles. The number of anilines is 1. The van der Waals surface area contributed by atoms with E-state index in [1.165, 1.54) is 6.08 Å². The third-order valence-corrected chi connectivity index (χ3v) is 6.18. The molecule has 166 valence electrons. The Hall–Kier alpha value is -2.66. The zero-order valence-electron chi connectivity index (χ0n) is 17.4. The van der Waals surface area contributed by atoms with E-state index in [0.717, 1.165) is 18.5 Å². The molecule has 0 spiro atoms. The van der Waals surface area contributed by atoms with Crippen LogP contribution in [-0.4, -0.2) is 31.1 Å². The van der Waals surface area contributed by atoms with Gasteiger partial charge < -0.3 is 9.47 Å². The quantitative estimate of drug-likeness (QED) is 0.207. The number of halogens is 2. The summed E-state index contributed by atoms with van der Waals surface area (Å²) < 4.78 is 13.0. The van der Waals surface area contributed by atoms with Gasteiger partial charge in [-0.05, 0) is 84.0 Å². The first-order chi connectivity index (χ1) is 15.3. The lowest BCUT2D eigenvalue weighted by atomic mass is 10.1. The van der Waals surface area contributed by atoms with Crippen LogP contribution < -0.4 is 19.7 Å². The molecule has 2 aromatic rings. The lowest BCUT2D eigenvalue weighted by Crippen LogP contribution is -2.54. The minimum Gasteiger partial charge on any atom is -0.490 e. The summed E-state index contributed by atoms with van der Waals surface area (Å²) in [5.74, 6) is -0.435. The van der Waals surface area contributed by atoms with Gasteiger partial charge in [-0.2, -0.15) is 0 Å². The summed E-state index contributed by atoms with van der Waals surface area (Å²) in [6.07, 6.45) is 3.06. The fourth-order valence-corrected chi connectivity index (χ4v) is 4.07. The molecule has 1 aliphatic rings. The highest BCUT2D eigenvalue weighted by atomic mass is 127. The Balaban J connectivity index is 2.03. The Labute approximate surface area is 207 Å². The Morgan fingerprint density at radius 2 is 1.94 bits per heavy atom. The second-order valence-corrected chi connectivity index (χ2v) is 8.77. The van der Waals surface area contributed by atoms with Crippen LogP contribution in [0.2, 0.25) is 0 Å². The number of carbonyl (C=O) groups is 3. The van der Waals surface area contributed by atoms with E-state index in [1.54, 1.807) is 36.4 Å². The first kappa shape index (κ1) is 24.0. The number of benzene rings is 2. The number of nitrogens with zero attached hydrogens (tertiary/aromatic N) is 1. The Morgan fingerprint density at radius 3 is 2.59 bits per heavy atom. The largest absolute Gasteiger partial charge is 0.490 e. The third-order valence-electron chi connectivity index (χ3n) is 4.49. The maximum Gasteiger partial charge on any atom is 0.335 e. The van der Waals surface area contributed by atoms with E-state index < -0.39 is 17.8 Å². The number of barbiturate groups is 1. The zero-order chi connectivity index (χ0) is 23.4. The molecule has 0 unspecified atom stereocenters. The smallest absolute Gasteiger partial charge is 0.335 e. The first-order valence-electron chi connectivity index (χ1n) is 9.64. The Morgan fingerprint density at radius 1 is 1.19 bits per heavy atom. The average molecular weight is 611 g/mol. The molecule has 2 aromatic carbocycles. The molecule has 1 aliphatic heterocycles. The molecule has 0 aromatic heterocycles. The molecular formula is C23H20BrIN2O5. The van der Waals surface area contributed by atoms with Gasteiger partial charge in [0.1, 0.15) is 12.2 Å². The van der Waals surface area contributed by atoms with Crippen LogP contribution in [0.25, 0.3) is 6.08 Å². The van der Waals surface area contributed by atoms with Gasteiger partial charge in [0.2, 0.25) is 0 Å². The predicted octanol–water partition coefficient (Wildman–Crippen LogP) is 4.99. The highest BCUT2D eigenvalue weighted by molar-refractivity contribution is 14.1. The fraction of sp³-hybridized carbons (Fsp3) is 0.174. The van der Waals surface area contributed by atoms with Crippen molar-refractivity contribution in [1.82, 2.24) is 5.32 Å². The van der Waals surface area contributed by atoms with E-state index in [4.69, 9.17) is 9.47 Å². The molecule has 9 heteroatoms. The van der Waals surface area contributed by atoms with Crippen molar-refractivity contribution in [2.75, 3.05) is 18.1 Å². The SMILES string of the molecule is C=CCOc1c(I)cc(/C=C2\C(=O)NC(=O)N(c3ccc(Br)c(C)c3)C2=O)cc1OCC. The molecular weight excluding hydrogens is 591 g/mol. The zero-order valence-corrected chi connectivity index (χ0v) is 21.2. The Kier molecular flexibility index (Phi) is 7.73. The van der Waals surface area contributed by atoms with Gasteiger partial charge in [-0.1, -0.05) is 28.6 Å². The normalized spacial score (nSPS) is 15.1. The van der Waals surface area contributed by atoms with Crippen LogP contribution in [0.1, 0.15) is 18.1 Å². The molecule has 0 saturated carbocycles. The number of aryl methyl sites for hydroxylation is 1. The molecule has 1 saturated heterocycles. The van der Waals surface area contributed by atoms with Crippen LogP contribution in [0.5, 0.6) is 11.5 Å².